The Labute approximate surface area is 181 Å². The van der Waals surface area contributed by atoms with Crippen LogP contribution in [0.4, 0.5) is 11.4 Å². The van der Waals surface area contributed by atoms with Crippen molar-refractivity contribution in [2.45, 2.75) is 20.8 Å². The predicted molar refractivity (Wildman–Crippen MR) is 121 cm³/mol. The van der Waals surface area contributed by atoms with E-state index in [0.29, 0.717) is 34.2 Å². The summed E-state index contributed by atoms with van der Waals surface area (Å²) in [6.07, 6.45) is 0. The number of hydrogen-bond acceptors (Lipinski definition) is 3. The minimum Gasteiger partial charge on any atom is -0.494 e. The standard InChI is InChI=1S/C24H23ClN2O3/c1-4-30-19-11-8-17(9-12-19)23(28)27-22-14-18(10-13-20(22)25)24(29)26-21-7-5-6-15(2)16(21)3/h5-14H,4H2,1-3H3,(H,26,29)(H,27,28). The second-order valence-electron chi connectivity index (χ2n) is 6.81. The molecule has 3 rings (SSSR count). The Morgan fingerprint density at radius 3 is 2.20 bits per heavy atom. The zero-order valence-electron chi connectivity index (χ0n) is 17.1. The highest BCUT2D eigenvalue weighted by atomic mass is 35.5. The number of carbonyl (C=O) groups is 2. The fourth-order valence-electron chi connectivity index (χ4n) is 2.91. The van der Waals surface area contributed by atoms with Crippen molar-refractivity contribution in [2.24, 2.45) is 0 Å². The minimum absolute atomic E-state index is 0.281. The van der Waals surface area contributed by atoms with Crippen LogP contribution < -0.4 is 15.4 Å². The summed E-state index contributed by atoms with van der Waals surface area (Å²) in [5, 5.41) is 6.02. The van der Waals surface area contributed by atoms with Gasteiger partial charge in [0.15, 0.2) is 0 Å². The largest absolute Gasteiger partial charge is 0.494 e. The van der Waals surface area contributed by atoms with Gasteiger partial charge in [-0.3, -0.25) is 9.59 Å². The smallest absolute Gasteiger partial charge is 0.255 e. The monoisotopic (exact) mass is 422 g/mol. The molecule has 3 aromatic rings. The van der Waals surface area contributed by atoms with Crippen molar-refractivity contribution in [1.82, 2.24) is 0 Å². The predicted octanol–water partition coefficient (Wildman–Crippen LogP) is 5.86. The number of benzene rings is 3. The molecule has 3 aromatic carbocycles. The second-order valence-corrected chi connectivity index (χ2v) is 7.21. The molecule has 0 aliphatic rings. The molecule has 0 spiro atoms. The van der Waals surface area contributed by atoms with Crippen LogP contribution in [0.5, 0.6) is 5.75 Å². The fraction of sp³-hybridized carbons (Fsp3) is 0.167. The molecular weight excluding hydrogens is 400 g/mol. The van der Waals surface area contributed by atoms with Crippen LogP contribution in [0.15, 0.2) is 60.7 Å². The maximum absolute atomic E-state index is 12.7. The normalized spacial score (nSPS) is 10.4. The first-order chi connectivity index (χ1) is 14.4. The Balaban J connectivity index is 1.76. The van der Waals surface area contributed by atoms with Gasteiger partial charge in [-0.15, -0.1) is 0 Å². The number of rotatable bonds is 6. The topological polar surface area (TPSA) is 67.4 Å². The molecule has 30 heavy (non-hydrogen) atoms. The summed E-state index contributed by atoms with van der Waals surface area (Å²) >= 11 is 6.24. The summed E-state index contributed by atoms with van der Waals surface area (Å²) in [5.74, 6) is 0.0844. The van der Waals surface area contributed by atoms with Gasteiger partial charge in [0.2, 0.25) is 0 Å². The highest BCUT2D eigenvalue weighted by Gasteiger charge is 2.14. The quantitative estimate of drug-likeness (QED) is 0.522. The van der Waals surface area contributed by atoms with E-state index in [4.69, 9.17) is 16.3 Å². The molecule has 0 heterocycles. The lowest BCUT2D eigenvalue weighted by molar-refractivity contribution is 0.101. The summed E-state index contributed by atoms with van der Waals surface area (Å²) in [7, 11) is 0. The van der Waals surface area contributed by atoms with Gasteiger partial charge in [0.1, 0.15) is 5.75 Å². The van der Waals surface area contributed by atoms with Gasteiger partial charge in [-0.05, 0) is 80.4 Å². The van der Waals surface area contributed by atoms with Crippen molar-refractivity contribution in [3.63, 3.8) is 0 Å². The van der Waals surface area contributed by atoms with E-state index in [1.807, 2.05) is 39.0 Å². The average molecular weight is 423 g/mol. The third-order valence-corrected chi connectivity index (χ3v) is 5.09. The molecule has 0 radical (unpaired) electrons. The van der Waals surface area contributed by atoms with Gasteiger partial charge in [-0.25, -0.2) is 0 Å². The number of aryl methyl sites for hydroxylation is 1. The lowest BCUT2D eigenvalue weighted by atomic mass is 10.1. The third kappa shape index (κ3) is 4.99. The number of nitrogens with one attached hydrogen (secondary N) is 2. The second kappa shape index (κ2) is 9.46. The summed E-state index contributed by atoms with van der Waals surface area (Å²) in [5.41, 5.74) is 4.05. The summed E-state index contributed by atoms with van der Waals surface area (Å²) in [6.45, 7) is 6.39. The molecule has 2 N–H and O–H groups in total. The van der Waals surface area contributed by atoms with E-state index >= 15 is 0 Å². The van der Waals surface area contributed by atoms with Crippen LogP contribution in [0.1, 0.15) is 38.8 Å². The highest BCUT2D eigenvalue weighted by Crippen LogP contribution is 2.25. The van der Waals surface area contributed by atoms with Crippen molar-refractivity contribution in [3.05, 3.63) is 87.9 Å². The number of anilines is 2. The Bertz CT molecular complexity index is 1080. The van der Waals surface area contributed by atoms with Gasteiger partial charge in [0.05, 0.1) is 17.3 Å². The first kappa shape index (κ1) is 21.4. The van der Waals surface area contributed by atoms with Crippen molar-refractivity contribution in [1.29, 1.82) is 0 Å². The maximum Gasteiger partial charge on any atom is 0.255 e. The molecule has 154 valence electrons. The molecule has 0 aliphatic carbocycles. The highest BCUT2D eigenvalue weighted by molar-refractivity contribution is 6.34. The van der Waals surface area contributed by atoms with Crippen LogP contribution in [0.3, 0.4) is 0 Å². The van der Waals surface area contributed by atoms with Gasteiger partial charge in [-0.1, -0.05) is 23.7 Å². The Hall–Kier alpha value is -3.31. The first-order valence-electron chi connectivity index (χ1n) is 9.60. The van der Waals surface area contributed by atoms with Crippen molar-refractivity contribution in [2.75, 3.05) is 17.2 Å². The van der Waals surface area contributed by atoms with Crippen LogP contribution in [0.25, 0.3) is 0 Å². The number of amides is 2. The zero-order valence-corrected chi connectivity index (χ0v) is 17.8. The van der Waals surface area contributed by atoms with Crippen LogP contribution in [0.2, 0.25) is 5.02 Å². The molecule has 5 nitrogen and oxygen atoms in total. The molecule has 0 fully saturated rings. The zero-order chi connectivity index (χ0) is 21.7. The SMILES string of the molecule is CCOc1ccc(C(=O)Nc2cc(C(=O)Nc3cccc(C)c3C)ccc2Cl)cc1. The molecule has 0 saturated carbocycles. The molecule has 0 atom stereocenters. The lowest BCUT2D eigenvalue weighted by Gasteiger charge is -2.12. The van der Waals surface area contributed by atoms with E-state index in [2.05, 4.69) is 10.6 Å². The van der Waals surface area contributed by atoms with Crippen LogP contribution in [-0.2, 0) is 0 Å². The number of halogens is 1. The summed E-state index contributed by atoms with van der Waals surface area (Å²) < 4.78 is 5.39. The van der Waals surface area contributed by atoms with E-state index in [1.165, 1.54) is 0 Å². The third-order valence-electron chi connectivity index (χ3n) is 4.76. The Morgan fingerprint density at radius 2 is 1.50 bits per heavy atom. The fourth-order valence-corrected chi connectivity index (χ4v) is 3.07. The summed E-state index contributed by atoms with van der Waals surface area (Å²) in [4.78, 5) is 25.3. The lowest BCUT2D eigenvalue weighted by Crippen LogP contribution is -2.15. The van der Waals surface area contributed by atoms with Gasteiger partial charge in [0.25, 0.3) is 11.8 Å². The van der Waals surface area contributed by atoms with Crippen LogP contribution >= 0.6 is 11.6 Å². The number of ether oxygens (including phenoxy) is 1. The van der Waals surface area contributed by atoms with Gasteiger partial charge in [0, 0.05) is 16.8 Å². The molecule has 6 heteroatoms. The minimum atomic E-state index is -0.327. The molecule has 0 aromatic heterocycles. The van der Waals surface area contributed by atoms with Gasteiger partial charge in [-0.2, -0.15) is 0 Å². The number of carbonyl (C=O) groups excluding carboxylic acids is 2. The average Bonchev–Trinajstić information content (AvgIpc) is 2.73. The Kier molecular flexibility index (Phi) is 6.75. The van der Waals surface area contributed by atoms with E-state index in [-0.39, 0.29) is 11.8 Å². The van der Waals surface area contributed by atoms with E-state index in [0.717, 1.165) is 16.8 Å². The van der Waals surface area contributed by atoms with Crippen molar-refractivity contribution in [3.8, 4) is 5.75 Å². The molecular formula is C24H23ClN2O3. The first-order valence-corrected chi connectivity index (χ1v) is 9.98. The Morgan fingerprint density at radius 1 is 0.867 bits per heavy atom. The van der Waals surface area contributed by atoms with Crippen molar-refractivity contribution >= 4 is 34.8 Å². The molecule has 0 aliphatic heterocycles. The van der Waals surface area contributed by atoms with Gasteiger partial charge < -0.3 is 15.4 Å². The molecule has 0 saturated heterocycles. The van der Waals surface area contributed by atoms with E-state index in [1.54, 1.807) is 42.5 Å². The molecule has 0 bridgehead atoms. The summed E-state index contributed by atoms with van der Waals surface area (Å²) in [6, 6.07) is 17.3. The van der Waals surface area contributed by atoms with Crippen LogP contribution in [-0.4, -0.2) is 18.4 Å². The van der Waals surface area contributed by atoms with Crippen LogP contribution in [0, 0.1) is 13.8 Å². The molecule has 0 unspecified atom stereocenters. The van der Waals surface area contributed by atoms with E-state index < -0.39 is 0 Å². The number of hydrogen-bond donors (Lipinski definition) is 2. The van der Waals surface area contributed by atoms with Gasteiger partial charge >= 0.3 is 0 Å². The molecule has 2 amide bonds. The van der Waals surface area contributed by atoms with E-state index in [9.17, 15) is 9.59 Å². The maximum atomic E-state index is 12.7. The van der Waals surface area contributed by atoms with Crippen molar-refractivity contribution < 1.29 is 14.3 Å².